The maximum atomic E-state index is 11.0. The minimum absolute atomic E-state index is 0.0416. The van der Waals surface area contributed by atoms with E-state index in [0.717, 1.165) is 11.3 Å². The largest absolute Gasteiger partial charge is 0.491 e. The number of amides is 1. The van der Waals surface area contributed by atoms with Crippen LogP contribution in [-0.4, -0.2) is 19.1 Å². The molecule has 1 rings (SSSR count). The van der Waals surface area contributed by atoms with Gasteiger partial charge in [-0.2, -0.15) is 0 Å². The first-order chi connectivity index (χ1) is 8.65. The number of carbonyl (C=O) groups excluding carboxylic acids is 1. The van der Waals surface area contributed by atoms with E-state index in [-0.39, 0.29) is 12.0 Å². The minimum atomic E-state index is -0.182. The van der Waals surface area contributed by atoms with Gasteiger partial charge in [-0.15, -0.1) is 0 Å². The van der Waals surface area contributed by atoms with E-state index in [4.69, 9.17) is 15.3 Å². The van der Waals surface area contributed by atoms with Crippen molar-refractivity contribution in [3.63, 3.8) is 0 Å². The van der Waals surface area contributed by atoms with Gasteiger partial charge < -0.3 is 9.47 Å². The predicted molar refractivity (Wildman–Crippen MR) is 68.8 cm³/mol. The van der Waals surface area contributed by atoms with Crippen LogP contribution in [-0.2, 0) is 16.1 Å². The summed E-state index contributed by atoms with van der Waals surface area (Å²) in [5, 5.41) is 0. The van der Waals surface area contributed by atoms with E-state index in [1.807, 2.05) is 31.2 Å². The van der Waals surface area contributed by atoms with E-state index in [1.165, 1.54) is 0 Å². The van der Waals surface area contributed by atoms with Gasteiger partial charge in [-0.05, 0) is 31.0 Å². The van der Waals surface area contributed by atoms with Crippen LogP contribution in [0.25, 0.3) is 0 Å². The molecule has 5 nitrogen and oxygen atoms in total. The lowest BCUT2D eigenvalue weighted by Crippen LogP contribution is -2.30. The number of hydrazine groups is 1. The number of hydrogen-bond acceptors (Lipinski definition) is 4. The van der Waals surface area contributed by atoms with Crippen molar-refractivity contribution in [2.24, 2.45) is 5.84 Å². The highest BCUT2D eigenvalue weighted by Gasteiger charge is 2.07. The third-order valence-electron chi connectivity index (χ3n) is 2.49. The van der Waals surface area contributed by atoms with E-state index in [1.54, 1.807) is 7.11 Å². The summed E-state index contributed by atoms with van der Waals surface area (Å²) < 4.78 is 10.8. The van der Waals surface area contributed by atoms with Crippen molar-refractivity contribution < 1.29 is 14.3 Å². The van der Waals surface area contributed by atoms with E-state index in [2.05, 4.69) is 5.43 Å². The van der Waals surface area contributed by atoms with Crippen molar-refractivity contribution in [1.29, 1.82) is 0 Å². The molecule has 0 spiro atoms. The molecular formula is C13H20N2O3. The van der Waals surface area contributed by atoms with Crippen LogP contribution in [0.15, 0.2) is 24.3 Å². The molecule has 1 atom stereocenters. The fourth-order valence-corrected chi connectivity index (χ4v) is 1.57. The molecule has 0 fully saturated rings. The van der Waals surface area contributed by atoms with Crippen LogP contribution in [0.1, 0.15) is 25.3 Å². The fraction of sp³-hybridized carbons (Fsp3) is 0.462. The molecule has 0 saturated heterocycles. The van der Waals surface area contributed by atoms with Gasteiger partial charge in [-0.1, -0.05) is 12.1 Å². The topological polar surface area (TPSA) is 73.6 Å². The molecule has 0 aliphatic heterocycles. The lowest BCUT2D eigenvalue weighted by atomic mass is 10.2. The molecule has 1 amide bonds. The molecule has 0 saturated carbocycles. The molecule has 5 heteroatoms. The first kappa shape index (κ1) is 14.5. The molecule has 0 aromatic heterocycles. The zero-order valence-corrected chi connectivity index (χ0v) is 10.8. The lowest BCUT2D eigenvalue weighted by molar-refractivity contribution is -0.121. The van der Waals surface area contributed by atoms with Gasteiger partial charge in [0, 0.05) is 13.5 Å². The normalized spacial score (nSPS) is 11.9. The Morgan fingerprint density at radius 1 is 1.50 bits per heavy atom. The van der Waals surface area contributed by atoms with Gasteiger partial charge in [0.05, 0.1) is 12.7 Å². The highest BCUT2D eigenvalue weighted by atomic mass is 16.5. The Morgan fingerprint density at radius 3 is 2.94 bits per heavy atom. The van der Waals surface area contributed by atoms with Crippen molar-refractivity contribution in [3.05, 3.63) is 29.8 Å². The summed E-state index contributed by atoms with van der Waals surface area (Å²) in [7, 11) is 1.65. The maximum absolute atomic E-state index is 11.0. The van der Waals surface area contributed by atoms with Crippen LogP contribution < -0.4 is 16.0 Å². The molecule has 1 aromatic carbocycles. The van der Waals surface area contributed by atoms with Gasteiger partial charge in [-0.3, -0.25) is 10.2 Å². The summed E-state index contributed by atoms with van der Waals surface area (Å²) >= 11 is 0. The van der Waals surface area contributed by atoms with Gasteiger partial charge in [0.25, 0.3) is 0 Å². The Morgan fingerprint density at radius 2 is 2.28 bits per heavy atom. The number of ether oxygens (including phenoxy) is 2. The Bertz CT molecular complexity index is 382. The van der Waals surface area contributed by atoms with Gasteiger partial charge in [-0.25, -0.2) is 5.84 Å². The summed E-state index contributed by atoms with van der Waals surface area (Å²) in [6, 6.07) is 7.72. The number of nitrogens with two attached hydrogens (primary N) is 1. The second kappa shape index (κ2) is 7.68. The Balaban J connectivity index is 2.45. The minimum Gasteiger partial charge on any atom is -0.491 e. The van der Waals surface area contributed by atoms with Crippen molar-refractivity contribution in [3.8, 4) is 5.75 Å². The molecule has 1 aromatic rings. The van der Waals surface area contributed by atoms with E-state index in [9.17, 15) is 4.79 Å². The summed E-state index contributed by atoms with van der Waals surface area (Å²) in [5.74, 6) is 5.61. The molecule has 0 radical (unpaired) electrons. The molecule has 3 N–H and O–H groups in total. The number of methoxy groups -OCH3 is 1. The fourth-order valence-electron chi connectivity index (χ4n) is 1.57. The maximum Gasteiger partial charge on any atom is 0.234 e. The number of hydrogen-bond donors (Lipinski definition) is 2. The smallest absolute Gasteiger partial charge is 0.234 e. The third kappa shape index (κ3) is 5.16. The molecule has 0 heterocycles. The Kier molecular flexibility index (Phi) is 6.18. The van der Waals surface area contributed by atoms with E-state index in [0.29, 0.717) is 19.4 Å². The number of nitrogens with one attached hydrogen (secondary N) is 1. The lowest BCUT2D eigenvalue weighted by Gasteiger charge is -2.14. The van der Waals surface area contributed by atoms with E-state index < -0.39 is 0 Å². The first-order valence-electron chi connectivity index (χ1n) is 5.89. The molecule has 0 aliphatic carbocycles. The molecule has 100 valence electrons. The average molecular weight is 252 g/mol. The predicted octanol–water partition coefficient (Wildman–Crippen LogP) is 1.37. The Labute approximate surface area is 107 Å². The average Bonchev–Trinajstić information content (AvgIpc) is 2.37. The van der Waals surface area contributed by atoms with Crippen LogP contribution in [0.3, 0.4) is 0 Å². The summed E-state index contributed by atoms with van der Waals surface area (Å²) in [4.78, 5) is 11.0. The molecule has 0 bridgehead atoms. The standard InChI is InChI=1S/C13H20N2O3/c1-10(6-7-13(16)15-14)18-12-5-3-4-11(8-12)9-17-2/h3-5,8,10H,6-7,9,14H2,1-2H3,(H,15,16). The monoisotopic (exact) mass is 252 g/mol. The first-order valence-corrected chi connectivity index (χ1v) is 5.89. The highest BCUT2D eigenvalue weighted by Crippen LogP contribution is 2.16. The summed E-state index contributed by atoms with van der Waals surface area (Å²) in [5.41, 5.74) is 3.16. The van der Waals surface area contributed by atoms with Gasteiger partial charge in [0.15, 0.2) is 0 Å². The molecular weight excluding hydrogens is 232 g/mol. The second-order valence-electron chi connectivity index (χ2n) is 4.12. The van der Waals surface area contributed by atoms with Crippen LogP contribution >= 0.6 is 0 Å². The van der Waals surface area contributed by atoms with Crippen molar-refractivity contribution >= 4 is 5.91 Å². The van der Waals surface area contributed by atoms with Crippen LogP contribution in [0.5, 0.6) is 5.75 Å². The van der Waals surface area contributed by atoms with Crippen LogP contribution in [0.2, 0.25) is 0 Å². The summed E-state index contributed by atoms with van der Waals surface area (Å²) in [6.07, 6.45) is 0.938. The summed E-state index contributed by atoms with van der Waals surface area (Å²) in [6.45, 7) is 2.48. The number of benzene rings is 1. The highest BCUT2D eigenvalue weighted by molar-refractivity contribution is 5.75. The van der Waals surface area contributed by atoms with Crippen molar-refractivity contribution in [2.45, 2.75) is 32.5 Å². The van der Waals surface area contributed by atoms with Gasteiger partial charge >= 0.3 is 0 Å². The van der Waals surface area contributed by atoms with E-state index >= 15 is 0 Å². The number of rotatable bonds is 7. The zero-order chi connectivity index (χ0) is 13.4. The van der Waals surface area contributed by atoms with Crippen molar-refractivity contribution in [2.75, 3.05) is 7.11 Å². The zero-order valence-electron chi connectivity index (χ0n) is 10.8. The van der Waals surface area contributed by atoms with Gasteiger partial charge in [0.1, 0.15) is 5.75 Å². The van der Waals surface area contributed by atoms with Crippen LogP contribution in [0, 0.1) is 0 Å². The van der Waals surface area contributed by atoms with Crippen molar-refractivity contribution in [1.82, 2.24) is 5.43 Å². The number of carbonyl (C=O) groups is 1. The quantitative estimate of drug-likeness (QED) is 0.436. The Hall–Kier alpha value is -1.59. The molecule has 1 unspecified atom stereocenters. The van der Waals surface area contributed by atoms with Crippen LogP contribution in [0.4, 0.5) is 0 Å². The second-order valence-corrected chi connectivity index (χ2v) is 4.12. The SMILES string of the molecule is COCc1cccc(OC(C)CCC(=O)NN)c1. The molecule has 0 aliphatic rings. The molecule has 18 heavy (non-hydrogen) atoms. The van der Waals surface area contributed by atoms with Gasteiger partial charge in [0.2, 0.25) is 5.91 Å². The third-order valence-corrected chi connectivity index (χ3v) is 2.49.